The van der Waals surface area contributed by atoms with E-state index in [1.54, 1.807) is 0 Å². The Hall–Kier alpha value is -1.21. The Kier molecular flexibility index (Phi) is 6.21. The van der Waals surface area contributed by atoms with E-state index in [2.05, 4.69) is 26.1 Å². The average molecular weight is 466 g/mol. The molecule has 0 bridgehead atoms. The fourth-order valence-corrected chi connectivity index (χ4v) is 6.35. The molecule has 3 aliphatic rings. The predicted octanol–water partition coefficient (Wildman–Crippen LogP) is 4.47. The van der Waals surface area contributed by atoms with Crippen molar-refractivity contribution in [3.63, 3.8) is 0 Å². The highest BCUT2D eigenvalue weighted by Gasteiger charge is 2.47. The molecule has 1 aromatic carbocycles. The number of nitrogens with one attached hydrogen (secondary N) is 1. The Balaban J connectivity index is 1.37. The molecule has 2 aliphatic heterocycles. The van der Waals surface area contributed by atoms with Crippen LogP contribution < -0.4 is 5.32 Å². The summed E-state index contributed by atoms with van der Waals surface area (Å²) in [4.78, 5) is 29.6. The van der Waals surface area contributed by atoms with Crippen molar-refractivity contribution in [2.45, 2.75) is 55.9 Å². The second-order valence-electron chi connectivity index (χ2n) is 8.03. The van der Waals surface area contributed by atoms with Crippen LogP contribution >= 0.6 is 27.7 Å². The monoisotopic (exact) mass is 465 g/mol. The molecule has 0 unspecified atom stereocenters. The van der Waals surface area contributed by atoms with Crippen LogP contribution in [0.2, 0.25) is 0 Å². The third-order valence-corrected chi connectivity index (χ3v) is 8.36. The van der Waals surface area contributed by atoms with Crippen LogP contribution in [0.3, 0.4) is 0 Å². The van der Waals surface area contributed by atoms with Crippen LogP contribution in [0.15, 0.2) is 28.7 Å². The molecule has 1 aliphatic carbocycles. The summed E-state index contributed by atoms with van der Waals surface area (Å²) in [5.74, 6) is 1.08. The van der Waals surface area contributed by atoms with Crippen LogP contribution in [0, 0.1) is 0 Å². The quantitative estimate of drug-likeness (QED) is 0.700. The first-order chi connectivity index (χ1) is 13.6. The third kappa shape index (κ3) is 4.20. The van der Waals surface area contributed by atoms with Crippen LogP contribution in [-0.4, -0.2) is 58.0 Å². The lowest BCUT2D eigenvalue weighted by atomic mass is 9.95. The lowest BCUT2D eigenvalue weighted by Gasteiger charge is -2.44. The minimum atomic E-state index is -0.161. The lowest BCUT2D eigenvalue weighted by Crippen LogP contribution is -2.56. The molecule has 1 saturated carbocycles. The maximum absolute atomic E-state index is 13.1. The summed E-state index contributed by atoms with van der Waals surface area (Å²) in [5.41, 5.74) is 0.738. The first kappa shape index (κ1) is 20.1. The third-order valence-electron chi connectivity index (χ3n) is 6.28. The standard InChI is InChI=1S/C21H28BrN3O2S/c22-17-8-6-16(7-9-17)19(26)25-14-15-28-21(25)10-12-24(13-11-21)20(27)23-18-4-2-1-3-5-18/h6-9,18H,1-5,10-15H2,(H,23,27). The molecule has 5 nitrogen and oxygen atoms in total. The Morgan fingerprint density at radius 1 is 1.04 bits per heavy atom. The van der Waals surface area contributed by atoms with Gasteiger partial charge in [0.2, 0.25) is 0 Å². The Bertz CT molecular complexity index is 713. The van der Waals surface area contributed by atoms with Gasteiger partial charge < -0.3 is 15.1 Å². The zero-order valence-electron chi connectivity index (χ0n) is 16.2. The zero-order chi connectivity index (χ0) is 19.6. The maximum Gasteiger partial charge on any atom is 0.317 e. The number of benzene rings is 1. The van der Waals surface area contributed by atoms with Gasteiger partial charge in [0, 0.05) is 41.5 Å². The summed E-state index contributed by atoms with van der Waals surface area (Å²) in [5, 5.41) is 3.23. The van der Waals surface area contributed by atoms with Crippen molar-refractivity contribution in [1.82, 2.24) is 15.1 Å². The van der Waals surface area contributed by atoms with Crippen molar-refractivity contribution in [3.8, 4) is 0 Å². The van der Waals surface area contributed by atoms with Gasteiger partial charge in [-0.3, -0.25) is 4.79 Å². The minimum absolute atomic E-state index is 0.0792. The molecule has 0 atom stereocenters. The van der Waals surface area contributed by atoms with Gasteiger partial charge in [0.1, 0.15) is 0 Å². The summed E-state index contributed by atoms with van der Waals surface area (Å²) >= 11 is 5.32. The molecule has 7 heteroatoms. The largest absolute Gasteiger partial charge is 0.335 e. The highest BCUT2D eigenvalue weighted by molar-refractivity contribution is 9.10. The van der Waals surface area contributed by atoms with Crippen LogP contribution in [0.5, 0.6) is 0 Å². The molecule has 0 aromatic heterocycles. The molecule has 0 radical (unpaired) electrons. The summed E-state index contributed by atoms with van der Waals surface area (Å²) in [6.45, 7) is 2.22. The number of urea groups is 1. The van der Waals surface area contributed by atoms with Gasteiger partial charge in [0.05, 0.1) is 4.87 Å². The fraction of sp³-hybridized carbons (Fsp3) is 0.619. The van der Waals surface area contributed by atoms with E-state index in [1.165, 1.54) is 19.3 Å². The molecule has 2 saturated heterocycles. The number of hydrogen-bond acceptors (Lipinski definition) is 3. The molecule has 1 spiro atoms. The number of carbonyl (C=O) groups excluding carboxylic acids is 2. The average Bonchev–Trinajstić information content (AvgIpc) is 3.12. The molecule has 4 rings (SSSR count). The fourth-order valence-electron chi connectivity index (χ4n) is 4.63. The smallest absolute Gasteiger partial charge is 0.317 e. The van der Waals surface area contributed by atoms with Gasteiger partial charge in [-0.05, 0) is 49.9 Å². The molecule has 1 N–H and O–H groups in total. The number of carbonyl (C=O) groups is 2. The lowest BCUT2D eigenvalue weighted by molar-refractivity contribution is 0.0579. The molecule has 3 fully saturated rings. The normalized spacial score (nSPS) is 22.5. The summed E-state index contributed by atoms with van der Waals surface area (Å²) in [6, 6.07) is 8.03. The summed E-state index contributed by atoms with van der Waals surface area (Å²) < 4.78 is 0.979. The Labute approximate surface area is 179 Å². The number of piperidine rings is 1. The summed E-state index contributed by atoms with van der Waals surface area (Å²) in [7, 11) is 0. The maximum atomic E-state index is 13.1. The van der Waals surface area contributed by atoms with Crippen molar-refractivity contribution >= 4 is 39.6 Å². The summed E-state index contributed by atoms with van der Waals surface area (Å²) in [6.07, 6.45) is 7.63. The van der Waals surface area contributed by atoms with E-state index in [4.69, 9.17) is 0 Å². The molecule has 2 heterocycles. The van der Waals surface area contributed by atoms with Crippen molar-refractivity contribution in [2.75, 3.05) is 25.4 Å². The van der Waals surface area contributed by atoms with Gasteiger partial charge in [0.25, 0.3) is 5.91 Å². The zero-order valence-corrected chi connectivity index (χ0v) is 18.6. The number of thioether (sulfide) groups is 1. The van der Waals surface area contributed by atoms with Crippen molar-refractivity contribution < 1.29 is 9.59 Å². The Morgan fingerprint density at radius 2 is 1.71 bits per heavy atom. The number of likely N-dealkylation sites (tertiary alicyclic amines) is 1. The Morgan fingerprint density at radius 3 is 2.39 bits per heavy atom. The first-order valence-corrected chi connectivity index (χ1v) is 12.1. The number of hydrogen-bond donors (Lipinski definition) is 1. The molecule has 1 aromatic rings. The predicted molar refractivity (Wildman–Crippen MR) is 117 cm³/mol. The van der Waals surface area contributed by atoms with Crippen LogP contribution in [0.25, 0.3) is 0 Å². The molecular weight excluding hydrogens is 438 g/mol. The second kappa shape index (κ2) is 8.66. The molecule has 152 valence electrons. The van der Waals surface area contributed by atoms with Crippen molar-refractivity contribution in [2.24, 2.45) is 0 Å². The van der Waals surface area contributed by atoms with E-state index >= 15 is 0 Å². The van der Waals surface area contributed by atoms with E-state index in [9.17, 15) is 9.59 Å². The molecule has 28 heavy (non-hydrogen) atoms. The molecule has 3 amide bonds. The van der Waals surface area contributed by atoms with E-state index < -0.39 is 0 Å². The number of amides is 3. The van der Waals surface area contributed by atoms with Crippen LogP contribution in [0.1, 0.15) is 55.3 Å². The highest BCUT2D eigenvalue weighted by Crippen LogP contribution is 2.44. The van der Waals surface area contributed by atoms with Gasteiger partial charge in [0.15, 0.2) is 0 Å². The van der Waals surface area contributed by atoms with Crippen LogP contribution in [0.4, 0.5) is 4.79 Å². The van der Waals surface area contributed by atoms with E-state index in [0.29, 0.717) is 6.04 Å². The van der Waals surface area contributed by atoms with E-state index in [1.807, 2.05) is 40.9 Å². The van der Waals surface area contributed by atoms with E-state index in [0.717, 1.165) is 61.1 Å². The van der Waals surface area contributed by atoms with Gasteiger partial charge >= 0.3 is 6.03 Å². The minimum Gasteiger partial charge on any atom is -0.335 e. The SMILES string of the molecule is O=C(NC1CCCCC1)N1CCC2(CC1)SCCN2C(=O)c1ccc(Br)cc1. The van der Waals surface area contributed by atoms with Gasteiger partial charge in [-0.2, -0.15) is 0 Å². The second-order valence-corrected chi connectivity index (χ2v) is 10.4. The van der Waals surface area contributed by atoms with E-state index in [-0.39, 0.29) is 16.8 Å². The van der Waals surface area contributed by atoms with Gasteiger partial charge in [-0.25, -0.2) is 4.79 Å². The highest BCUT2D eigenvalue weighted by atomic mass is 79.9. The number of halogens is 1. The topological polar surface area (TPSA) is 52.7 Å². The van der Waals surface area contributed by atoms with Gasteiger partial charge in [-0.15, -0.1) is 11.8 Å². The van der Waals surface area contributed by atoms with Crippen molar-refractivity contribution in [3.05, 3.63) is 34.3 Å². The van der Waals surface area contributed by atoms with Crippen LogP contribution in [-0.2, 0) is 0 Å². The molecular formula is C21H28BrN3O2S. The van der Waals surface area contributed by atoms with Crippen molar-refractivity contribution in [1.29, 1.82) is 0 Å². The number of rotatable bonds is 2. The van der Waals surface area contributed by atoms with Gasteiger partial charge in [-0.1, -0.05) is 35.2 Å². The first-order valence-electron chi connectivity index (χ1n) is 10.3. The number of nitrogens with zero attached hydrogens (tertiary/aromatic N) is 2.